The molecule has 0 atom stereocenters. The molecule has 0 aromatic heterocycles. The van der Waals surface area contributed by atoms with E-state index in [-0.39, 0.29) is 30.8 Å². The normalized spacial score (nSPS) is 12.7. The van der Waals surface area contributed by atoms with Crippen LogP contribution in [0.4, 0.5) is 5.69 Å². The molecule has 2 aromatic rings. The first kappa shape index (κ1) is 21.6. The van der Waals surface area contributed by atoms with Crippen molar-refractivity contribution in [1.29, 1.82) is 0 Å². The summed E-state index contributed by atoms with van der Waals surface area (Å²) >= 11 is 5.84. The van der Waals surface area contributed by atoms with Crippen molar-refractivity contribution < 1.29 is 23.9 Å². The Hall–Kier alpha value is -3.06. The quantitative estimate of drug-likeness (QED) is 0.617. The molecule has 158 valence electrons. The number of nitrogens with zero attached hydrogens (tertiary/aromatic N) is 1. The molecule has 0 fully saturated rings. The van der Waals surface area contributed by atoms with Gasteiger partial charge in [0, 0.05) is 30.1 Å². The maximum Gasteiger partial charge on any atom is 0.265 e. The van der Waals surface area contributed by atoms with Gasteiger partial charge in [0.1, 0.15) is 11.5 Å². The summed E-state index contributed by atoms with van der Waals surface area (Å²) in [4.78, 5) is 38.2. The largest absolute Gasteiger partial charge is 0.485 e. The molecular weight excluding hydrogens is 408 g/mol. The molecule has 0 radical (unpaired) electrons. The predicted octanol–water partition coefficient (Wildman–Crippen LogP) is 3.24. The highest BCUT2D eigenvalue weighted by Crippen LogP contribution is 2.33. The second-order valence-electron chi connectivity index (χ2n) is 6.74. The molecule has 30 heavy (non-hydrogen) atoms. The Morgan fingerprint density at radius 1 is 1.20 bits per heavy atom. The Morgan fingerprint density at radius 3 is 2.70 bits per heavy atom. The topological polar surface area (TPSA) is 84.9 Å². The molecule has 0 unspecified atom stereocenters. The molecule has 0 saturated heterocycles. The summed E-state index contributed by atoms with van der Waals surface area (Å²) in [5.74, 6) is 0.578. The summed E-state index contributed by atoms with van der Waals surface area (Å²) in [5, 5.41) is 3.32. The van der Waals surface area contributed by atoms with Gasteiger partial charge >= 0.3 is 0 Å². The molecule has 2 amide bonds. The molecule has 1 aliphatic rings. The van der Waals surface area contributed by atoms with E-state index in [4.69, 9.17) is 21.1 Å². The predicted molar refractivity (Wildman–Crippen MR) is 113 cm³/mol. The third-order valence-corrected chi connectivity index (χ3v) is 4.82. The van der Waals surface area contributed by atoms with Crippen molar-refractivity contribution in [3.63, 3.8) is 0 Å². The second-order valence-corrected chi connectivity index (χ2v) is 7.18. The van der Waals surface area contributed by atoms with Crippen molar-refractivity contribution in [2.24, 2.45) is 0 Å². The van der Waals surface area contributed by atoms with Gasteiger partial charge in [0.15, 0.2) is 19.0 Å². The molecule has 0 aliphatic carbocycles. The van der Waals surface area contributed by atoms with E-state index in [0.717, 1.165) is 0 Å². The van der Waals surface area contributed by atoms with Gasteiger partial charge in [-0.25, -0.2) is 0 Å². The van der Waals surface area contributed by atoms with Crippen molar-refractivity contribution in [3.8, 4) is 11.5 Å². The Balaban J connectivity index is 1.67. The van der Waals surface area contributed by atoms with E-state index in [1.54, 1.807) is 47.4 Å². The van der Waals surface area contributed by atoms with E-state index >= 15 is 0 Å². The number of fused-ring (bicyclic) bond motifs is 1. The second kappa shape index (κ2) is 10.1. The van der Waals surface area contributed by atoms with Crippen LogP contribution in [-0.2, 0) is 9.59 Å². The lowest BCUT2D eigenvalue weighted by molar-refractivity contribution is -0.122. The number of nitrogens with one attached hydrogen (secondary N) is 1. The maximum atomic E-state index is 12.6. The summed E-state index contributed by atoms with van der Waals surface area (Å²) in [6.45, 7) is 2.58. The summed E-state index contributed by atoms with van der Waals surface area (Å²) in [6, 6.07) is 11.7. The third kappa shape index (κ3) is 5.51. The van der Waals surface area contributed by atoms with Crippen molar-refractivity contribution in [2.45, 2.75) is 19.8 Å². The SMILES string of the molecule is CCNC(=O)CCCN1C(=O)COc2ccc(C(=O)COc3ccc(Cl)cc3)cc21. The summed E-state index contributed by atoms with van der Waals surface area (Å²) in [5.41, 5.74) is 0.939. The molecule has 0 saturated carbocycles. The van der Waals surface area contributed by atoms with Gasteiger partial charge < -0.3 is 19.7 Å². The number of hydrogen-bond donors (Lipinski definition) is 1. The van der Waals surface area contributed by atoms with Gasteiger partial charge in [0.2, 0.25) is 5.91 Å². The number of carbonyl (C=O) groups excluding carboxylic acids is 3. The molecule has 8 heteroatoms. The number of carbonyl (C=O) groups is 3. The van der Waals surface area contributed by atoms with E-state index in [9.17, 15) is 14.4 Å². The highest BCUT2D eigenvalue weighted by Gasteiger charge is 2.26. The van der Waals surface area contributed by atoms with Crippen LogP contribution in [0.5, 0.6) is 11.5 Å². The summed E-state index contributed by atoms with van der Waals surface area (Å²) < 4.78 is 11.0. The average molecular weight is 431 g/mol. The van der Waals surface area contributed by atoms with Crippen LogP contribution in [0.2, 0.25) is 5.02 Å². The van der Waals surface area contributed by atoms with Crippen molar-refractivity contribution in [2.75, 3.05) is 31.2 Å². The smallest absolute Gasteiger partial charge is 0.265 e. The molecule has 0 spiro atoms. The van der Waals surface area contributed by atoms with Crippen molar-refractivity contribution >= 4 is 34.9 Å². The van der Waals surface area contributed by atoms with Crippen molar-refractivity contribution in [1.82, 2.24) is 5.32 Å². The fraction of sp³-hybridized carbons (Fsp3) is 0.318. The summed E-state index contributed by atoms with van der Waals surface area (Å²) in [6.07, 6.45) is 0.830. The van der Waals surface area contributed by atoms with Crippen LogP contribution in [0.1, 0.15) is 30.1 Å². The van der Waals surface area contributed by atoms with Crippen LogP contribution in [0.3, 0.4) is 0 Å². The zero-order valence-electron chi connectivity index (χ0n) is 16.7. The van der Waals surface area contributed by atoms with Gasteiger partial charge in [-0.3, -0.25) is 14.4 Å². The minimum absolute atomic E-state index is 0.0540. The number of anilines is 1. The molecular formula is C22H23ClN2O5. The number of ketones is 1. The third-order valence-electron chi connectivity index (χ3n) is 4.57. The lowest BCUT2D eigenvalue weighted by Crippen LogP contribution is -2.40. The van der Waals surface area contributed by atoms with Gasteiger partial charge in [0.25, 0.3) is 5.91 Å². The van der Waals surface area contributed by atoms with Crippen LogP contribution < -0.4 is 19.7 Å². The zero-order valence-corrected chi connectivity index (χ0v) is 17.4. The minimum Gasteiger partial charge on any atom is -0.485 e. The molecule has 7 nitrogen and oxygen atoms in total. The highest BCUT2D eigenvalue weighted by molar-refractivity contribution is 6.30. The molecule has 1 heterocycles. The highest BCUT2D eigenvalue weighted by atomic mass is 35.5. The number of rotatable bonds is 9. The van der Waals surface area contributed by atoms with Crippen LogP contribution in [0.15, 0.2) is 42.5 Å². The molecule has 2 aromatic carbocycles. The monoisotopic (exact) mass is 430 g/mol. The van der Waals surface area contributed by atoms with Gasteiger partial charge in [-0.2, -0.15) is 0 Å². The van der Waals surface area contributed by atoms with Gasteiger partial charge in [-0.15, -0.1) is 0 Å². The number of Topliss-reactive ketones (excluding diaryl/α,β-unsaturated/α-hetero) is 1. The zero-order chi connectivity index (χ0) is 21.5. The molecule has 3 rings (SSSR count). The number of hydrogen-bond acceptors (Lipinski definition) is 5. The lowest BCUT2D eigenvalue weighted by Gasteiger charge is -2.29. The molecule has 1 N–H and O–H groups in total. The van der Waals surface area contributed by atoms with Crippen LogP contribution in [0, 0.1) is 0 Å². The van der Waals surface area contributed by atoms with Crippen LogP contribution in [0.25, 0.3) is 0 Å². The Morgan fingerprint density at radius 2 is 1.97 bits per heavy atom. The molecule has 1 aliphatic heterocycles. The first-order chi connectivity index (χ1) is 14.5. The van der Waals surface area contributed by atoms with E-state index in [1.807, 2.05) is 6.92 Å². The van der Waals surface area contributed by atoms with Gasteiger partial charge in [-0.05, 0) is 55.8 Å². The average Bonchev–Trinajstić information content (AvgIpc) is 2.74. The van der Waals surface area contributed by atoms with Crippen molar-refractivity contribution in [3.05, 3.63) is 53.1 Å². The summed E-state index contributed by atoms with van der Waals surface area (Å²) in [7, 11) is 0. The van der Waals surface area contributed by atoms with Crippen LogP contribution in [-0.4, -0.2) is 43.9 Å². The standard InChI is InChI=1S/C22H23ClN2O5/c1-2-24-21(27)4-3-11-25-18-12-15(5-10-20(18)30-14-22(25)28)19(26)13-29-17-8-6-16(23)7-9-17/h5-10,12H,2-4,11,13-14H2,1H3,(H,24,27). The number of halogens is 1. The fourth-order valence-electron chi connectivity index (χ4n) is 3.07. The van der Waals surface area contributed by atoms with E-state index < -0.39 is 0 Å². The Kier molecular flexibility index (Phi) is 7.30. The van der Waals surface area contributed by atoms with Crippen LogP contribution >= 0.6 is 11.6 Å². The molecule has 0 bridgehead atoms. The first-order valence-electron chi connectivity index (χ1n) is 9.73. The minimum atomic E-state index is -0.229. The maximum absolute atomic E-state index is 12.6. The fourth-order valence-corrected chi connectivity index (χ4v) is 3.19. The number of ether oxygens (including phenoxy) is 2. The van der Waals surface area contributed by atoms with E-state index in [2.05, 4.69) is 5.32 Å². The first-order valence-corrected chi connectivity index (χ1v) is 10.1. The Labute approximate surface area is 179 Å². The van der Waals surface area contributed by atoms with Gasteiger partial charge in [0.05, 0.1) is 5.69 Å². The number of benzene rings is 2. The number of amides is 2. The lowest BCUT2D eigenvalue weighted by atomic mass is 10.1. The Bertz CT molecular complexity index is 930. The van der Waals surface area contributed by atoms with E-state index in [0.29, 0.717) is 53.7 Å². The van der Waals surface area contributed by atoms with Gasteiger partial charge in [-0.1, -0.05) is 11.6 Å². The van der Waals surface area contributed by atoms with E-state index in [1.165, 1.54) is 0 Å².